The molecular formula is C11H15ClN2O. The molecule has 1 fully saturated rings. The second-order valence-electron chi connectivity index (χ2n) is 4.38. The number of aromatic nitrogens is 2. The first-order valence-corrected chi connectivity index (χ1v) is 5.78. The van der Waals surface area contributed by atoms with Crippen molar-refractivity contribution < 1.29 is 0 Å². The first kappa shape index (κ1) is 10.7. The summed E-state index contributed by atoms with van der Waals surface area (Å²) in [6.07, 6.45) is 6.19. The zero-order chi connectivity index (χ0) is 10.8. The van der Waals surface area contributed by atoms with Crippen LogP contribution in [0.1, 0.15) is 38.6 Å². The maximum Gasteiger partial charge on any atom is 0.255 e. The predicted molar refractivity (Wildman–Crippen MR) is 60.2 cm³/mol. The van der Waals surface area contributed by atoms with Gasteiger partial charge in [0.2, 0.25) is 0 Å². The Morgan fingerprint density at radius 1 is 1.53 bits per heavy atom. The summed E-state index contributed by atoms with van der Waals surface area (Å²) >= 11 is 5.66. The van der Waals surface area contributed by atoms with Gasteiger partial charge in [-0.15, -0.1) is 0 Å². The quantitative estimate of drug-likeness (QED) is 0.690. The van der Waals surface area contributed by atoms with Gasteiger partial charge >= 0.3 is 0 Å². The molecule has 0 amide bonds. The third-order valence-electron chi connectivity index (χ3n) is 3.10. The molecule has 0 aromatic carbocycles. The highest BCUT2D eigenvalue weighted by molar-refractivity contribution is 6.29. The molecule has 1 aliphatic rings. The average Bonchev–Trinajstić information content (AvgIpc) is 2.17. The van der Waals surface area contributed by atoms with Crippen LogP contribution in [0, 0.1) is 5.92 Å². The topological polar surface area (TPSA) is 34.9 Å². The maximum absolute atomic E-state index is 11.7. The molecule has 3 nitrogen and oxygen atoms in total. The van der Waals surface area contributed by atoms with E-state index in [1.165, 1.54) is 18.9 Å². The van der Waals surface area contributed by atoms with Gasteiger partial charge in [-0.25, -0.2) is 4.98 Å². The highest BCUT2D eigenvalue weighted by Crippen LogP contribution is 2.30. The van der Waals surface area contributed by atoms with Gasteiger partial charge in [-0.3, -0.25) is 9.36 Å². The van der Waals surface area contributed by atoms with E-state index in [1.807, 2.05) is 0 Å². The smallest absolute Gasteiger partial charge is 0.255 e. The molecule has 2 rings (SSSR count). The number of halogens is 1. The van der Waals surface area contributed by atoms with E-state index in [2.05, 4.69) is 11.9 Å². The van der Waals surface area contributed by atoms with E-state index in [4.69, 9.17) is 11.6 Å². The molecule has 2 unspecified atom stereocenters. The number of rotatable bonds is 1. The lowest BCUT2D eigenvalue weighted by Crippen LogP contribution is -2.27. The van der Waals surface area contributed by atoms with Gasteiger partial charge in [0.25, 0.3) is 5.56 Å². The van der Waals surface area contributed by atoms with E-state index in [-0.39, 0.29) is 10.7 Å². The first-order valence-electron chi connectivity index (χ1n) is 5.40. The monoisotopic (exact) mass is 226 g/mol. The van der Waals surface area contributed by atoms with Crippen molar-refractivity contribution in [3.8, 4) is 0 Å². The van der Waals surface area contributed by atoms with Crippen molar-refractivity contribution in [2.24, 2.45) is 5.92 Å². The minimum atomic E-state index is -0.0332. The Hall–Kier alpha value is -0.830. The highest BCUT2D eigenvalue weighted by Gasteiger charge is 2.20. The average molecular weight is 227 g/mol. The van der Waals surface area contributed by atoms with Gasteiger partial charge in [-0.2, -0.15) is 0 Å². The Labute approximate surface area is 94.1 Å². The second-order valence-corrected chi connectivity index (χ2v) is 4.77. The summed E-state index contributed by atoms with van der Waals surface area (Å²) in [5.74, 6) is 0.700. The van der Waals surface area contributed by atoms with Crippen LogP contribution >= 0.6 is 11.6 Å². The zero-order valence-corrected chi connectivity index (χ0v) is 9.57. The van der Waals surface area contributed by atoms with E-state index < -0.39 is 0 Å². The lowest BCUT2D eigenvalue weighted by molar-refractivity contribution is 0.276. The molecule has 0 N–H and O–H groups in total. The molecule has 1 aliphatic carbocycles. The fraction of sp³-hybridized carbons (Fsp3) is 0.636. The molecule has 1 aromatic rings. The number of nitrogens with zero attached hydrogens (tertiary/aromatic N) is 2. The molecule has 4 heteroatoms. The van der Waals surface area contributed by atoms with Crippen LogP contribution in [-0.4, -0.2) is 9.55 Å². The molecule has 1 heterocycles. The summed E-state index contributed by atoms with van der Waals surface area (Å²) in [6.45, 7) is 2.24. The summed E-state index contributed by atoms with van der Waals surface area (Å²) in [4.78, 5) is 15.7. The molecule has 2 atom stereocenters. The van der Waals surface area contributed by atoms with Crippen molar-refractivity contribution in [1.29, 1.82) is 0 Å². The molecule has 15 heavy (non-hydrogen) atoms. The maximum atomic E-state index is 11.7. The van der Waals surface area contributed by atoms with E-state index in [0.717, 1.165) is 12.8 Å². The third-order valence-corrected chi connectivity index (χ3v) is 3.31. The zero-order valence-electron chi connectivity index (χ0n) is 8.82. The predicted octanol–water partition coefficient (Wildman–Crippen LogP) is 2.65. The molecule has 1 aromatic heterocycles. The van der Waals surface area contributed by atoms with Crippen molar-refractivity contribution in [3.05, 3.63) is 27.9 Å². The van der Waals surface area contributed by atoms with E-state index in [0.29, 0.717) is 12.0 Å². The van der Waals surface area contributed by atoms with Crippen LogP contribution in [0.15, 0.2) is 17.2 Å². The van der Waals surface area contributed by atoms with Crippen molar-refractivity contribution in [2.45, 2.75) is 38.6 Å². The SMILES string of the molecule is CC1CCCC(n2cnc(Cl)cc2=O)C1. The highest BCUT2D eigenvalue weighted by atomic mass is 35.5. The fourth-order valence-electron chi connectivity index (χ4n) is 2.32. The summed E-state index contributed by atoms with van der Waals surface area (Å²) in [7, 11) is 0. The lowest BCUT2D eigenvalue weighted by Gasteiger charge is -2.27. The van der Waals surface area contributed by atoms with Crippen molar-refractivity contribution in [1.82, 2.24) is 9.55 Å². The van der Waals surface area contributed by atoms with Gasteiger partial charge in [0.05, 0.1) is 6.33 Å². The molecule has 0 aliphatic heterocycles. The Balaban J connectivity index is 2.25. The molecule has 0 saturated heterocycles. The lowest BCUT2D eigenvalue weighted by atomic mass is 9.87. The van der Waals surface area contributed by atoms with E-state index in [1.54, 1.807) is 10.9 Å². The van der Waals surface area contributed by atoms with Crippen LogP contribution in [-0.2, 0) is 0 Å². The van der Waals surface area contributed by atoms with Crippen LogP contribution in [0.5, 0.6) is 0 Å². The molecular weight excluding hydrogens is 212 g/mol. The molecule has 1 saturated carbocycles. The normalized spacial score (nSPS) is 26.5. The van der Waals surface area contributed by atoms with Gasteiger partial charge in [0.15, 0.2) is 0 Å². The summed E-state index contributed by atoms with van der Waals surface area (Å²) in [6, 6.07) is 1.70. The number of hydrogen-bond acceptors (Lipinski definition) is 2. The van der Waals surface area contributed by atoms with Gasteiger partial charge in [0, 0.05) is 12.1 Å². The van der Waals surface area contributed by atoms with Crippen LogP contribution < -0.4 is 5.56 Å². The van der Waals surface area contributed by atoms with Crippen molar-refractivity contribution in [2.75, 3.05) is 0 Å². The van der Waals surface area contributed by atoms with Crippen LogP contribution in [0.2, 0.25) is 5.15 Å². The van der Waals surface area contributed by atoms with Gasteiger partial charge < -0.3 is 0 Å². The molecule has 0 radical (unpaired) electrons. The minimum absolute atomic E-state index is 0.0332. The van der Waals surface area contributed by atoms with E-state index >= 15 is 0 Å². The van der Waals surface area contributed by atoms with E-state index in [9.17, 15) is 4.79 Å². The Morgan fingerprint density at radius 3 is 3.00 bits per heavy atom. The van der Waals surface area contributed by atoms with Gasteiger partial charge in [0.1, 0.15) is 5.15 Å². The van der Waals surface area contributed by atoms with Crippen molar-refractivity contribution >= 4 is 11.6 Å². The van der Waals surface area contributed by atoms with Gasteiger partial charge in [-0.05, 0) is 18.8 Å². The standard InChI is InChI=1S/C11H15ClN2O/c1-8-3-2-4-9(5-8)14-7-13-10(12)6-11(14)15/h6-9H,2-5H2,1H3. The Morgan fingerprint density at radius 2 is 2.33 bits per heavy atom. The Kier molecular flexibility index (Phi) is 3.10. The van der Waals surface area contributed by atoms with Crippen molar-refractivity contribution in [3.63, 3.8) is 0 Å². The van der Waals surface area contributed by atoms with Crippen LogP contribution in [0.3, 0.4) is 0 Å². The minimum Gasteiger partial charge on any atom is -0.296 e. The van der Waals surface area contributed by atoms with Crippen LogP contribution in [0.25, 0.3) is 0 Å². The second kappa shape index (κ2) is 4.35. The Bertz CT molecular complexity index is 402. The van der Waals surface area contributed by atoms with Gasteiger partial charge in [-0.1, -0.05) is 31.4 Å². The molecule has 0 bridgehead atoms. The fourth-order valence-corrected chi connectivity index (χ4v) is 2.45. The summed E-state index contributed by atoms with van der Waals surface area (Å²) < 4.78 is 1.72. The summed E-state index contributed by atoms with van der Waals surface area (Å²) in [5, 5.41) is 0.278. The molecule has 0 spiro atoms. The largest absolute Gasteiger partial charge is 0.296 e. The first-order chi connectivity index (χ1) is 7.16. The van der Waals surface area contributed by atoms with Crippen LogP contribution in [0.4, 0.5) is 0 Å². The third kappa shape index (κ3) is 2.40. The molecule has 82 valence electrons. The summed E-state index contributed by atoms with van der Waals surface area (Å²) in [5.41, 5.74) is -0.0332. The number of hydrogen-bond donors (Lipinski definition) is 0.